The second-order valence-electron chi connectivity index (χ2n) is 7.84. The third-order valence-corrected chi connectivity index (χ3v) is 6.35. The molecule has 1 N–H and O–H groups in total. The van der Waals surface area contributed by atoms with E-state index in [1.54, 1.807) is 42.5 Å². The van der Waals surface area contributed by atoms with Gasteiger partial charge in [-0.2, -0.15) is 9.61 Å². The smallest absolute Gasteiger partial charge is 0.338 e. The minimum Gasteiger partial charge on any atom is -0.497 e. The molecule has 172 valence electrons. The molecule has 0 saturated heterocycles. The Labute approximate surface area is 198 Å². The minimum absolute atomic E-state index is 0.151. The molecule has 1 aliphatic carbocycles. The van der Waals surface area contributed by atoms with Crippen LogP contribution in [0.25, 0.3) is 4.96 Å². The van der Waals surface area contributed by atoms with Gasteiger partial charge in [-0.3, -0.25) is 9.59 Å². The van der Waals surface area contributed by atoms with Crippen molar-refractivity contribution in [1.29, 1.82) is 0 Å². The molecule has 5 rings (SSSR count). The lowest BCUT2D eigenvalue weighted by Crippen LogP contribution is -2.17. The number of anilines is 1. The highest BCUT2D eigenvalue weighted by Crippen LogP contribution is 2.41. The van der Waals surface area contributed by atoms with Crippen LogP contribution in [-0.2, 0) is 11.3 Å². The number of esters is 1. The van der Waals surface area contributed by atoms with Crippen LogP contribution in [0, 0.1) is 0 Å². The van der Waals surface area contributed by atoms with Gasteiger partial charge in [0.25, 0.3) is 11.5 Å². The average molecular weight is 477 g/mol. The van der Waals surface area contributed by atoms with Crippen LogP contribution >= 0.6 is 11.3 Å². The van der Waals surface area contributed by atoms with E-state index in [2.05, 4.69) is 15.4 Å². The van der Waals surface area contributed by atoms with E-state index in [1.807, 2.05) is 0 Å². The number of rotatable bonds is 7. The average Bonchev–Trinajstić information content (AvgIpc) is 3.61. The predicted octanol–water partition coefficient (Wildman–Crippen LogP) is 3.65. The van der Waals surface area contributed by atoms with Gasteiger partial charge < -0.3 is 14.8 Å². The first-order chi connectivity index (χ1) is 16.5. The molecule has 4 aromatic rings. The van der Waals surface area contributed by atoms with E-state index in [9.17, 15) is 14.4 Å². The number of amides is 1. The molecular weight excluding hydrogens is 456 g/mol. The fourth-order valence-corrected chi connectivity index (χ4v) is 4.45. The number of carbonyl (C=O) groups is 2. The van der Waals surface area contributed by atoms with E-state index in [1.165, 1.54) is 35.1 Å². The molecule has 1 aliphatic rings. The molecule has 0 atom stereocenters. The van der Waals surface area contributed by atoms with Gasteiger partial charge in [0.05, 0.1) is 18.4 Å². The lowest BCUT2D eigenvalue weighted by molar-refractivity contribution is 0.0467. The second-order valence-corrected chi connectivity index (χ2v) is 8.83. The van der Waals surface area contributed by atoms with E-state index in [4.69, 9.17) is 9.47 Å². The Morgan fingerprint density at radius 3 is 2.71 bits per heavy atom. The van der Waals surface area contributed by atoms with Gasteiger partial charge in [0.2, 0.25) is 4.96 Å². The summed E-state index contributed by atoms with van der Waals surface area (Å²) < 4.78 is 11.8. The number of benzene rings is 2. The van der Waals surface area contributed by atoms with Crippen LogP contribution in [0.2, 0.25) is 0 Å². The molecule has 1 saturated carbocycles. The number of fused-ring (bicyclic) bond motifs is 1. The Kier molecular flexibility index (Phi) is 5.81. The van der Waals surface area contributed by atoms with Gasteiger partial charge >= 0.3 is 5.97 Å². The van der Waals surface area contributed by atoms with Crippen LogP contribution in [0.3, 0.4) is 0 Å². The van der Waals surface area contributed by atoms with Gasteiger partial charge in [0.15, 0.2) is 0 Å². The normalized spacial score (nSPS) is 13.0. The standard InChI is InChI=1S/C24H20N4O5S/c1-32-19-7-3-4-15(11-19)21(30)25-17-6-2-5-16(10-17)23(31)33-13-18-12-20(29)28-24(26-18)34-22(27-28)14-8-9-14/h2-7,10-12,14H,8-9,13H2,1H3,(H,25,30). The summed E-state index contributed by atoms with van der Waals surface area (Å²) in [7, 11) is 1.53. The maximum absolute atomic E-state index is 12.6. The molecule has 10 heteroatoms. The Morgan fingerprint density at radius 1 is 1.12 bits per heavy atom. The van der Waals surface area contributed by atoms with Crippen molar-refractivity contribution in [3.8, 4) is 5.75 Å². The predicted molar refractivity (Wildman–Crippen MR) is 126 cm³/mol. The number of hydrogen-bond donors (Lipinski definition) is 1. The summed E-state index contributed by atoms with van der Waals surface area (Å²) in [4.78, 5) is 42.4. The first kappa shape index (κ1) is 21.8. The number of aromatic nitrogens is 3. The molecule has 0 bridgehead atoms. The number of methoxy groups -OCH3 is 1. The Balaban J connectivity index is 1.26. The fourth-order valence-electron chi connectivity index (χ4n) is 3.35. The van der Waals surface area contributed by atoms with Crippen molar-refractivity contribution in [2.45, 2.75) is 25.4 Å². The number of hydrogen-bond acceptors (Lipinski definition) is 8. The van der Waals surface area contributed by atoms with Crippen molar-refractivity contribution in [2.24, 2.45) is 0 Å². The summed E-state index contributed by atoms with van der Waals surface area (Å²) in [6, 6.07) is 14.5. The Hall–Kier alpha value is -4.05. The largest absolute Gasteiger partial charge is 0.497 e. The van der Waals surface area contributed by atoms with E-state index in [0.717, 1.165) is 17.8 Å². The van der Waals surface area contributed by atoms with E-state index < -0.39 is 5.97 Å². The van der Waals surface area contributed by atoms with Crippen LogP contribution < -0.4 is 15.6 Å². The summed E-state index contributed by atoms with van der Waals surface area (Å²) in [6.07, 6.45) is 2.16. The zero-order valence-corrected chi connectivity index (χ0v) is 19.0. The van der Waals surface area contributed by atoms with Gasteiger partial charge in [-0.15, -0.1) is 0 Å². The van der Waals surface area contributed by atoms with Crippen molar-refractivity contribution in [3.05, 3.63) is 86.8 Å². The molecule has 1 amide bonds. The van der Waals surface area contributed by atoms with Crippen molar-refractivity contribution in [1.82, 2.24) is 14.6 Å². The van der Waals surface area contributed by atoms with Crippen LogP contribution in [-0.4, -0.2) is 33.6 Å². The summed E-state index contributed by atoms with van der Waals surface area (Å²) in [5.41, 5.74) is 1.17. The molecule has 2 heterocycles. The summed E-state index contributed by atoms with van der Waals surface area (Å²) >= 11 is 1.39. The van der Waals surface area contributed by atoms with Gasteiger partial charge in [-0.05, 0) is 49.2 Å². The quantitative estimate of drug-likeness (QED) is 0.405. The van der Waals surface area contributed by atoms with Crippen LogP contribution in [0.5, 0.6) is 5.75 Å². The van der Waals surface area contributed by atoms with Gasteiger partial charge in [-0.1, -0.05) is 23.5 Å². The van der Waals surface area contributed by atoms with E-state index in [0.29, 0.717) is 33.6 Å². The van der Waals surface area contributed by atoms with E-state index >= 15 is 0 Å². The SMILES string of the molecule is COc1cccc(C(=O)Nc2cccc(C(=O)OCc3cc(=O)n4nc(C5CC5)sc4n3)c2)c1. The zero-order valence-electron chi connectivity index (χ0n) is 18.2. The van der Waals surface area contributed by atoms with Crippen LogP contribution in [0.15, 0.2) is 59.4 Å². The molecule has 0 aliphatic heterocycles. The highest BCUT2D eigenvalue weighted by Gasteiger charge is 2.28. The molecule has 1 fully saturated rings. The van der Waals surface area contributed by atoms with Gasteiger partial charge in [-0.25, -0.2) is 9.78 Å². The second kappa shape index (κ2) is 9.06. The van der Waals surface area contributed by atoms with Gasteiger partial charge in [0, 0.05) is 23.2 Å². The lowest BCUT2D eigenvalue weighted by Gasteiger charge is -2.09. The number of ether oxygens (including phenoxy) is 2. The molecule has 0 unspecified atom stereocenters. The third-order valence-electron chi connectivity index (χ3n) is 5.28. The molecule has 0 spiro atoms. The number of carbonyl (C=O) groups excluding carboxylic acids is 2. The topological polar surface area (TPSA) is 112 Å². The minimum atomic E-state index is -0.595. The summed E-state index contributed by atoms with van der Waals surface area (Å²) in [6.45, 7) is -0.151. The molecule has 34 heavy (non-hydrogen) atoms. The zero-order chi connectivity index (χ0) is 23.7. The molecule has 2 aromatic carbocycles. The lowest BCUT2D eigenvalue weighted by atomic mass is 10.1. The highest BCUT2D eigenvalue weighted by molar-refractivity contribution is 7.16. The molecule has 2 aromatic heterocycles. The monoisotopic (exact) mass is 476 g/mol. The van der Waals surface area contributed by atoms with Crippen molar-refractivity contribution in [3.63, 3.8) is 0 Å². The summed E-state index contributed by atoms with van der Waals surface area (Å²) in [5.74, 6) is 0.0579. The summed E-state index contributed by atoms with van der Waals surface area (Å²) in [5, 5.41) is 8.00. The highest BCUT2D eigenvalue weighted by atomic mass is 32.1. The Morgan fingerprint density at radius 2 is 1.91 bits per heavy atom. The van der Waals surface area contributed by atoms with E-state index in [-0.39, 0.29) is 23.6 Å². The Bertz CT molecular complexity index is 1460. The van der Waals surface area contributed by atoms with Crippen molar-refractivity contribution >= 4 is 33.9 Å². The first-order valence-corrected chi connectivity index (χ1v) is 11.4. The molecular formula is C24H20N4O5S. The molecule has 9 nitrogen and oxygen atoms in total. The van der Waals surface area contributed by atoms with Crippen LogP contribution in [0.4, 0.5) is 5.69 Å². The maximum Gasteiger partial charge on any atom is 0.338 e. The van der Waals surface area contributed by atoms with Gasteiger partial charge in [0.1, 0.15) is 17.4 Å². The van der Waals surface area contributed by atoms with Crippen molar-refractivity contribution in [2.75, 3.05) is 12.4 Å². The van der Waals surface area contributed by atoms with Crippen LogP contribution in [0.1, 0.15) is 50.2 Å². The van der Waals surface area contributed by atoms with Crippen molar-refractivity contribution < 1.29 is 19.1 Å². The first-order valence-electron chi connectivity index (χ1n) is 10.6. The number of nitrogens with zero attached hydrogens (tertiary/aromatic N) is 3. The third kappa shape index (κ3) is 4.67. The maximum atomic E-state index is 12.6. The number of nitrogens with one attached hydrogen (secondary N) is 1. The molecule has 0 radical (unpaired) electrons. The fraction of sp³-hybridized carbons (Fsp3) is 0.208.